The first kappa shape index (κ1) is 14.1. The highest BCUT2D eigenvalue weighted by Gasteiger charge is 2.15. The summed E-state index contributed by atoms with van der Waals surface area (Å²) in [5.41, 5.74) is 1.10. The van der Waals surface area contributed by atoms with Gasteiger partial charge in [0.2, 0.25) is 0 Å². The number of ether oxygens (including phenoxy) is 1. The van der Waals surface area contributed by atoms with Gasteiger partial charge in [0, 0.05) is 12.1 Å². The minimum absolute atomic E-state index is 0.296. The summed E-state index contributed by atoms with van der Waals surface area (Å²) in [5.74, 6) is 0. The molecule has 0 aliphatic carbocycles. The predicted molar refractivity (Wildman–Crippen MR) is 69.6 cm³/mol. The average Bonchev–Trinajstić information content (AvgIpc) is 2.25. The quantitative estimate of drug-likeness (QED) is 0.797. The van der Waals surface area contributed by atoms with Crippen molar-refractivity contribution in [2.45, 2.75) is 32.9 Å². The van der Waals surface area contributed by atoms with E-state index in [0.717, 1.165) is 5.56 Å². The molecule has 0 saturated heterocycles. The third-order valence-corrected chi connectivity index (χ3v) is 2.07. The average molecular weight is 242 g/mol. The Labute approximate surface area is 108 Å². The molecular weight excluding hydrogens is 227 g/mol. The molecule has 0 spiro atoms. The fraction of sp³-hybridized carbons (Fsp3) is 0.385. The van der Waals surface area contributed by atoms with Crippen LogP contribution in [0.3, 0.4) is 0 Å². The lowest BCUT2D eigenvalue weighted by molar-refractivity contribution is 0.0523. The van der Waals surface area contributed by atoms with Crippen LogP contribution >= 0.6 is 0 Å². The van der Waals surface area contributed by atoms with Crippen molar-refractivity contribution < 1.29 is 9.53 Å². The lowest BCUT2D eigenvalue weighted by Gasteiger charge is -2.19. The largest absolute Gasteiger partial charge is 0.444 e. The Balaban J connectivity index is 2.60. The minimum atomic E-state index is -0.525. The molecule has 4 nitrogen and oxygen atoms in total. The van der Waals surface area contributed by atoms with Crippen molar-refractivity contribution in [3.8, 4) is 6.07 Å². The molecule has 1 aromatic carbocycles. The van der Waals surface area contributed by atoms with Crippen LogP contribution in [0.2, 0.25) is 0 Å². The molecule has 1 rings (SSSR count). The van der Waals surface area contributed by atoms with Gasteiger partial charge in [-0.05, 0) is 32.4 Å². The summed E-state index contributed by atoms with van der Waals surface area (Å²) in [6.07, 6.45) is -0.488. The number of hydrogen-bond donors (Lipinski definition) is 1. The van der Waals surface area contributed by atoms with Crippen molar-refractivity contribution in [3.63, 3.8) is 0 Å². The molecule has 2 radical (unpaired) electrons. The van der Waals surface area contributed by atoms with Gasteiger partial charge in [-0.25, -0.2) is 4.79 Å². The van der Waals surface area contributed by atoms with Crippen LogP contribution < -0.4 is 10.8 Å². The zero-order valence-corrected chi connectivity index (χ0v) is 10.8. The molecule has 1 N–H and O–H groups in total. The molecule has 0 saturated carbocycles. The van der Waals surface area contributed by atoms with Crippen molar-refractivity contribution in [2.24, 2.45) is 0 Å². The molecule has 18 heavy (non-hydrogen) atoms. The number of nitrogens with one attached hydrogen (secondary N) is 1. The van der Waals surface area contributed by atoms with Crippen LogP contribution in [0.4, 0.5) is 4.79 Å². The molecule has 0 atom stereocenters. The van der Waals surface area contributed by atoms with Crippen LogP contribution in [0, 0.1) is 11.3 Å². The van der Waals surface area contributed by atoms with Crippen molar-refractivity contribution in [1.29, 1.82) is 5.26 Å². The monoisotopic (exact) mass is 242 g/mol. The Morgan fingerprint density at radius 1 is 1.50 bits per heavy atom. The number of amides is 1. The van der Waals surface area contributed by atoms with Crippen LogP contribution in [-0.4, -0.2) is 19.5 Å². The maximum atomic E-state index is 11.4. The van der Waals surface area contributed by atoms with Crippen LogP contribution in [0.25, 0.3) is 0 Å². The van der Waals surface area contributed by atoms with Crippen molar-refractivity contribution >= 4 is 19.4 Å². The smallest absolute Gasteiger partial charge is 0.407 e. The first-order chi connectivity index (χ1) is 8.31. The molecule has 1 aromatic rings. The standard InChI is InChI=1S/C13H15BN2O2/c1-13(2,3)18-12(17)16-8-9-4-5-11(14)10(6-9)7-15/h4-6H,8H2,1-3H3,(H,16,17). The predicted octanol–water partition coefficient (Wildman–Crippen LogP) is 1.38. The van der Waals surface area contributed by atoms with Crippen LogP contribution in [0.1, 0.15) is 31.9 Å². The molecule has 0 fully saturated rings. The molecular formula is C13H15BN2O2. The summed E-state index contributed by atoms with van der Waals surface area (Å²) in [6, 6.07) is 7.04. The second-order valence-corrected chi connectivity index (χ2v) is 4.89. The lowest BCUT2D eigenvalue weighted by Crippen LogP contribution is -2.32. The first-order valence-electron chi connectivity index (χ1n) is 5.57. The normalized spacial score (nSPS) is 10.6. The molecule has 0 aliphatic rings. The highest BCUT2D eigenvalue weighted by Crippen LogP contribution is 2.07. The van der Waals surface area contributed by atoms with E-state index in [4.69, 9.17) is 17.8 Å². The van der Waals surface area contributed by atoms with Crippen molar-refractivity contribution in [1.82, 2.24) is 5.32 Å². The van der Waals surface area contributed by atoms with E-state index in [1.165, 1.54) is 0 Å². The molecule has 0 aliphatic heterocycles. The second-order valence-electron chi connectivity index (χ2n) is 4.89. The van der Waals surface area contributed by atoms with E-state index in [1.807, 2.05) is 6.07 Å². The SMILES string of the molecule is [B]c1ccc(CNC(=O)OC(C)(C)C)cc1C#N. The summed E-state index contributed by atoms with van der Waals surface area (Å²) in [7, 11) is 5.60. The maximum absolute atomic E-state index is 11.4. The van der Waals surface area contributed by atoms with Gasteiger partial charge < -0.3 is 10.1 Å². The molecule has 0 aromatic heterocycles. The van der Waals surface area contributed by atoms with E-state index in [-0.39, 0.29) is 0 Å². The van der Waals surface area contributed by atoms with Crippen LogP contribution in [0.5, 0.6) is 0 Å². The van der Waals surface area contributed by atoms with Gasteiger partial charge >= 0.3 is 6.09 Å². The zero-order valence-electron chi connectivity index (χ0n) is 10.8. The molecule has 92 valence electrons. The lowest BCUT2D eigenvalue weighted by atomic mass is 9.90. The van der Waals surface area contributed by atoms with E-state index >= 15 is 0 Å². The Kier molecular flexibility index (Phi) is 4.38. The zero-order chi connectivity index (χ0) is 13.8. The molecule has 5 heteroatoms. The fourth-order valence-electron chi connectivity index (χ4n) is 1.30. The summed E-state index contributed by atoms with van der Waals surface area (Å²) in [6.45, 7) is 5.68. The Morgan fingerprint density at radius 3 is 2.72 bits per heavy atom. The summed E-state index contributed by atoms with van der Waals surface area (Å²) >= 11 is 0. The van der Waals surface area contributed by atoms with Gasteiger partial charge in [-0.15, -0.1) is 0 Å². The van der Waals surface area contributed by atoms with Gasteiger partial charge in [0.05, 0.1) is 6.07 Å². The van der Waals surface area contributed by atoms with Crippen molar-refractivity contribution in [2.75, 3.05) is 0 Å². The Bertz CT molecular complexity index is 487. The maximum Gasteiger partial charge on any atom is 0.407 e. The number of benzene rings is 1. The summed E-state index contributed by atoms with van der Waals surface area (Å²) < 4.78 is 5.10. The fourth-order valence-corrected chi connectivity index (χ4v) is 1.30. The highest BCUT2D eigenvalue weighted by molar-refractivity contribution is 6.33. The highest BCUT2D eigenvalue weighted by atomic mass is 16.6. The minimum Gasteiger partial charge on any atom is -0.444 e. The molecule has 1 amide bonds. The van der Waals surface area contributed by atoms with E-state index in [0.29, 0.717) is 17.6 Å². The number of rotatable bonds is 2. The van der Waals surface area contributed by atoms with Gasteiger partial charge in [0.15, 0.2) is 0 Å². The number of alkyl carbamates (subject to hydrolysis) is 1. The van der Waals surface area contributed by atoms with Gasteiger partial charge in [0.1, 0.15) is 13.4 Å². The number of nitriles is 1. The van der Waals surface area contributed by atoms with E-state index in [2.05, 4.69) is 5.32 Å². The summed E-state index contributed by atoms with van der Waals surface area (Å²) in [4.78, 5) is 11.4. The molecule has 0 unspecified atom stereocenters. The Morgan fingerprint density at radius 2 is 2.17 bits per heavy atom. The third-order valence-electron chi connectivity index (χ3n) is 2.07. The first-order valence-corrected chi connectivity index (χ1v) is 5.57. The Hall–Kier alpha value is -1.96. The summed E-state index contributed by atoms with van der Waals surface area (Å²) in [5, 5.41) is 11.4. The van der Waals surface area contributed by atoms with Gasteiger partial charge in [-0.1, -0.05) is 17.6 Å². The number of nitrogens with zero attached hydrogens (tertiary/aromatic N) is 1. The van der Waals surface area contributed by atoms with E-state index < -0.39 is 11.7 Å². The third kappa shape index (κ3) is 4.50. The van der Waals surface area contributed by atoms with Gasteiger partial charge in [0.25, 0.3) is 0 Å². The molecule has 0 bridgehead atoms. The van der Waals surface area contributed by atoms with Crippen molar-refractivity contribution in [3.05, 3.63) is 29.3 Å². The van der Waals surface area contributed by atoms with Gasteiger partial charge in [-0.3, -0.25) is 0 Å². The van der Waals surface area contributed by atoms with E-state index in [9.17, 15) is 4.79 Å². The molecule has 0 heterocycles. The van der Waals surface area contributed by atoms with E-state index in [1.54, 1.807) is 39.0 Å². The number of carbonyl (C=O) groups excluding carboxylic acids is 1. The topological polar surface area (TPSA) is 62.1 Å². The van der Waals surface area contributed by atoms with Crippen LogP contribution in [-0.2, 0) is 11.3 Å². The van der Waals surface area contributed by atoms with Crippen LogP contribution in [0.15, 0.2) is 18.2 Å². The van der Waals surface area contributed by atoms with Gasteiger partial charge in [-0.2, -0.15) is 5.26 Å². The number of carbonyl (C=O) groups is 1. The second kappa shape index (κ2) is 5.59. The number of hydrogen-bond acceptors (Lipinski definition) is 3.